The predicted octanol–water partition coefficient (Wildman–Crippen LogP) is 1.17. The van der Waals surface area contributed by atoms with Crippen LogP contribution in [0, 0.1) is 5.92 Å². The van der Waals surface area contributed by atoms with Gasteiger partial charge in [0.05, 0.1) is 54.4 Å². The van der Waals surface area contributed by atoms with Gasteiger partial charge in [-0.25, -0.2) is 9.78 Å². The van der Waals surface area contributed by atoms with Crippen LogP contribution in [0.1, 0.15) is 43.6 Å². The summed E-state index contributed by atoms with van der Waals surface area (Å²) in [5.41, 5.74) is 7.45. The highest BCUT2D eigenvalue weighted by atomic mass is 16.7. The van der Waals surface area contributed by atoms with E-state index in [2.05, 4.69) is 9.97 Å². The summed E-state index contributed by atoms with van der Waals surface area (Å²) in [6.45, 7) is 4.02. The molecule has 1 saturated heterocycles. The summed E-state index contributed by atoms with van der Waals surface area (Å²) < 4.78 is 22.9. The van der Waals surface area contributed by atoms with Gasteiger partial charge in [-0.2, -0.15) is 0 Å². The van der Waals surface area contributed by atoms with Gasteiger partial charge in [-0.1, -0.05) is 19.1 Å². The van der Waals surface area contributed by atoms with E-state index >= 15 is 0 Å². The first-order valence-corrected chi connectivity index (χ1v) is 11.7. The van der Waals surface area contributed by atoms with Crippen LogP contribution in [0.3, 0.4) is 0 Å². The molecule has 2 aromatic rings. The van der Waals surface area contributed by atoms with Crippen molar-refractivity contribution in [2.75, 3.05) is 13.2 Å². The first kappa shape index (κ1) is 24.9. The standard InChI is InChI=1S/C24H33N3O7/c1-13-9-15(10-20(28)23(13)34-21-11-16(25)22(29)14(2)33-21)31-7-8-32-24(30)19-12-26-17-5-3-4-6-18(17)27-19/h3-6,12-16,20-23,28-29H,7-11,25H2,1-2H3/t13?,14?,15-,16?,20?,21+,22?,23?/m1/s1. The highest BCUT2D eigenvalue weighted by Crippen LogP contribution is 2.32. The second kappa shape index (κ2) is 11.0. The van der Waals surface area contributed by atoms with Gasteiger partial charge in [0.1, 0.15) is 6.61 Å². The molecule has 0 bridgehead atoms. The molecule has 10 nitrogen and oxygen atoms in total. The van der Waals surface area contributed by atoms with Crippen LogP contribution < -0.4 is 5.73 Å². The molecule has 8 atom stereocenters. The molecular formula is C24H33N3O7. The Balaban J connectivity index is 1.20. The lowest BCUT2D eigenvalue weighted by molar-refractivity contribution is -0.265. The number of aliphatic hydroxyl groups is 2. The number of carbonyl (C=O) groups is 1. The Labute approximate surface area is 198 Å². The first-order valence-electron chi connectivity index (χ1n) is 11.7. The van der Waals surface area contributed by atoms with Crippen LogP contribution >= 0.6 is 0 Å². The smallest absolute Gasteiger partial charge is 0.358 e. The van der Waals surface area contributed by atoms with Crippen LogP contribution in [0.4, 0.5) is 0 Å². The number of carbonyl (C=O) groups excluding carboxylic acids is 1. The summed E-state index contributed by atoms with van der Waals surface area (Å²) in [7, 11) is 0. The van der Waals surface area contributed by atoms with Crippen molar-refractivity contribution in [2.24, 2.45) is 11.7 Å². The van der Waals surface area contributed by atoms with Crippen molar-refractivity contribution in [1.82, 2.24) is 9.97 Å². The number of para-hydroxylation sites is 2. The van der Waals surface area contributed by atoms with E-state index in [1.165, 1.54) is 6.20 Å². The van der Waals surface area contributed by atoms with E-state index in [9.17, 15) is 15.0 Å². The van der Waals surface area contributed by atoms with E-state index < -0.39 is 42.7 Å². The number of nitrogens with zero attached hydrogens (tertiary/aromatic N) is 2. The van der Waals surface area contributed by atoms with E-state index in [-0.39, 0.29) is 30.9 Å². The first-order chi connectivity index (χ1) is 16.3. The number of aromatic nitrogens is 2. The minimum atomic E-state index is -0.730. The number of ether oxygens (including phenoxy) is 4. The fourth-order valence-corrected chi connectivity index (χ4v) is 4.62. The van der Waals surface area contributed by atoms with Gasteiger partial charge < -0.3 is 34.9 Å². The summed E-state index contributed by atoms with van der Waals surface area (Å²) >= 11 is 0. The fraction of sp³-hybridized carbons (Fsp3) is 0.625. The van der Waals surface area contributed by atoms with Crippen LogP contribution in [-0.4, -0.2) is 82.2 Å². The van der Waals surface area contributed by atoms with Crippen molar-refractivity contribution in [3.8, 4) is 0 Å². The second-order valence-corrected chi connectivity index (χ2v) is 9.15. The topological polar surface area (TPSA) is 146 Å². The van der Waals surface area contributed by atoms with Gasteiger partial charge in [0.25, 0.3) is 0 Å². The van der Waals surface area contributed by atoms with E-state index in [1.54, 1.807) is 13.0 Å². The van der Waals surface area contributed by atoms with Gasteiger partial charge in [-0.05, 0) is 31.4 Å². The monoisotopic (exact) mass is 475 g/mol. The number of benzene rings is 1. The van der Waals surface area contributed by atoms with Crippen LogP contribution in [0.15, 0.2) is 30.5 Å². The molecule has 4 rings (SSSR count). The van der Waals surface area contributed by atoms with Crippen LogP contribution in [0.2, 0.25) is 0 Å². The molecule has 0 amide bonds. The molecule has 0 spiro atoms. The SMILES string of the molecule is CC1C[C@@H](OCCOC(=O)c2cnc3ccccc3n2)CC(O)C1O[C@H]1CC(N)C(O)C(C)O1. The Kier molecular flexibility index (Phi) is 8.07. The number of hydrogen-bond donors (Lipinski definition) is 3. The van der Waals surface area contributed by atoms with E-state index in [0.29, 0.717) is 30.3 Å². The lowest BCUT2D eigenvalue weighted by atomic mass is 9.83. The van der Waals surface area contributed by atoms with E-state index in [0.717, 1.165) is 0 Å². The number of rotatable bonds is 7. The molecule has 186 valence electrons. The Hall–Kier alpha value is -2.21. The normalized spacial score (nSPS) is 34.1. The number of esters is 1. The molecule has 2 aliphatic rings. The molecule has 1 aliphatic carbocycles. The van der Waals surface area contributed by atoms with Gasteiger partial charge in [0, 0.05) is 18.9 Å². The number of hydrogen-bond acceptors (Lipinski definition) is 10. The Bertz CT molecular complexity index is 952. The van der Waals surface area contributed by atoms with Crippen molar-refractivity contribution >= 4 is 17.0 Å². The highest BCUT2D eigenvalue weighted by molar-refractivity contribution is 5.89. The molecule has 2 heterocycles. The average Bonchev–Trinajstić information content (AvgIpc) is 2.82. The van der Waals surface area contributed by atoms with Crippen molar-refractivity contribution in [1.29, 1.82) is 0 Å². The predicted molar refractivity (Wildman–Crippen MR) is 122 cm³/mol. The third-order valence-corrected chi connectivity index (χ3v) is 6.47. The lowest BCUT2D eigenvalue weighted by Gasteiger charge is -2.42. The number of fused-ring (bicyclic) bond motifs is 1. The zero-order valence-corrected chi connectivity index (χ0v) is 19.4. The number of aliphatic hydroxyl groups excluding tert-OH is 2. The highest BCUT2D eigenvalue weighted by Gasteiger charge is 2.40. The lowest BCUT2D eigenvalue weighted by Crippen LogP contribution is -2.54. The quantitative estimate of drug-likeness (QED) is 0.394. The average molecular weight is 476 g/mol. The summed E-state index contributed by atoms with van der Waals surface area (Å²) in [4.78, 5) is 20.8. The zero-order chi connectivity index (χ0) is 24.2. The molecular weight excluding hydrogens is 442 g/mol. The van der Waals surface area contributed by atoms with Crippen molar-refractivity contribution in [3.05, 3.63) is 36.2 Å². The molecule has 1 aromatic heterocycles. The van der Waals surface area contributed by atoms with Gasteiger partial charge in [0.15, 0.2) is 12.0 Å². The third kappa shape index (κ3) is 5.88. The summed E-state index contributed by atoms with van der Waals surface area (Å²) in [6, 6.07) is 6.87. The molecule has 0 radical (unpaired) electrons. The van der Waals surface area contributed by atoms with Gasteiger partial charge >= 0.3 is 5.97 Å². The van der Waals surface area contributed by atoms with E-state index in [4.69, 9.17) is 24.7 Å². The van der Waals surface area contributed by atoms with Crippen LogP contribution in [-0.2, 0) is 18.9 Å². The molecule has 2 fully saturated rings. The zero-order valence-electron chi connectivity index (χ0n) is 19.4. The molecule has 4 N–H and O–H groups in total. The molecule has 6 unspecified atom stereocenters. The summed E-state index contributed by atoms with van der Waals surface area (Å²) in [5, 5.41) is 20.6. The van der Waals surface area contributed by atoms with Crippen molar-refractivity contribution in [2.45, 2.75) is 76.0 Å². The molecule has 34 heavy (non-hydrogen) atoms. The van der Waals surface area contributed by atoms with Crippen LogP contribution in [0.5, 0.6) is 0 Å². The summed E-state index contributed by atoms with van der Waals surface area (Å²) in [5.74, 6) is -0.538. The Morgan fingerprint density at radius 2 is 1.91 bits per heavy atom. The molecule has 1 saturated carbocycles. The maximum absolute atomic E-state index is 12.3. The third-order valence-electron chi connectivity index (χ3n) is 6.47. The molecule has 10 heteroatoms. The maximum atomic E-state index is 12.3. The second-order valence-electron chi connectivity index (χ2n) is 9.15. The molecule has 1 aliphatic heterocycles. The summed E-state index contributed by atoms with van der Waals surface area (Å²) in [6.07, 6.45) is -0.194. The van der Waals surface area contributed by atoms with Gasteiger partial charge in [-0.15, -0.1) is 0 Å². The number of nitrogens with two attached hydrogens (primary N) is 1. The van der Waals surface area contributed by atoms with Crippen molar-refractivity contribution in [3.63, 3.8) is 0 Å². The Morgan fingerprint density at radius 1 is 1.15 bits per heavy atom. The minimum absolute atomic E-state index is 0.0196. The maximum Gasteiger partial charge on any atom is 0.358 e. The molecule has 1 aromatic carbocycles. The fourth-order valence-electron chi connectivity index (χ4n) is 4.62. The minimum Gasteiger partial charge on any atom is -0.458 e. The largest absolute Gasteiger partial charge is 0.458 e. The Morgan fingerprint density at radius 3 is 2.65 bits per heavy atom. The van der Waals surface area contributed by atoms with Gasteiger partial charge in [-0.3, -0.25) is 4.98 Å². The van der Waals surface area contributed by atoms with Crippen LogP contribution in [0.25, 0.3) is 11.0 Å². The van der Waals surface area contributed by atoms with Crippen molar-refractivity contribution < 1.29 is 34.0 Å². The van der Waals surface area contributed by atoms with E-state index in [1.807, 2.05) is 25.1 Å². The van der Waals surface area contributed by atoms with Gasteiger partial charge in [0.2, 0.25) is 0 Å².